The van der Waals surface area contributed by atoms with Crippen molar-refractivity contribution in [1.82, 2.24) is 25.8 Å². The minimum Gasteiger partial charge on any atom is -0.355 e. The summed E-state index contributed by atoms with van der Waals surface area (Å²) in [4.78, 5) is 12.6. The van der Waals surface area contributed by atoms with E-state index in [9.17, 15) is 4.79 Å². The summed E-state index contributed by atoms with van der Waals surface area (Å²) in [5.41, 5.74) is 2.03. The Balaban J connectivity index is 1.73. The number of carbonyl (C=O) groups excluding carboxylic acids is 1. The van der Waals surface area contributed by atoms with Crippen LogP contribution in [0.4, 0.5) is 5.69 Å². The number of aromatic nitrogens is 5. The molecule has 0 aliphatic carbocycles. The van der Waals surface area contributed by atoms with Gasteiger partial charge in [-0.25, -0.2) is 5.10 Å². The minimum atomic E-state index is -0.441. The quantitative estimate of drug-likeness (QED) is 0.587. The van der Waals surface area contributed by atoms with Crippen molar-refractivity contribution in [3.63, 3.8) is 0 Å². The van der Waals surface area contributed by atoms with E-state index in [-0.39, 0.29) is 5.69 Å². The monoisotopic (exact) mass is 331 g/mol. The highest BCUT2D eigenvalue weighted by molar-refractivity contribution is 6.11. The number of fused-ring (bicyclic) bond motifs is 1. The molecule has 1 amide bonds. The standard InChI is InChI=1S/C16H9N7O2/c17-8-9-5-6-12(11(7-9)15-19-22-23-20-15)18-16(24)14-10-3-1-2-4-13(10)25-21-14/h1-7H,(H,18,24)(H,19,20,22,23). The Kier molecular flexibility index (Phi) is 3.40. The third-order valence-electron chi connectivity index (χ3n) is 3.59. The first kappa shape index (κ1) is 14.5. The van der Waals surface area contributed by atoms with E-state index in [0.29, 0.717) is 33.6 Å². The van der Waals surface area contributed by atoms with Crippen molar-refractivity contribution in [2.24, 2.45) is 0 Å². The lowest BCUT2D eigenvalue weighted by atomic mass is 10.1. The van der Waals surface area contributed by atoms with Gasteiger partial charge in [-0.3, -0.25) is 4.79 Å². The van der Waals surface area contributed by atoms with Crippen molar-refractivity contribution >= 4 is 22.6 Å². The fraction of sp³-hybridized carbons (Fsp3) is 0. The number of nitrogens with zero attached hydrogens (tertiary/aromatic N) is 5. The second-order valence-corrected chi connectivity index (χ2v) is 5.10. The average molecular weight is 331 g/mol. The molecule has 0 aliphatic heterocycles. The van der Waals surface area contributed by atoms with E-state index in [2.05, 4.69) is 31.1 Å². The number of benzene rings is 2. The lowest BCUT2D eigenvalue weighted by Gasteiger charge is -2.08. The van der Waals surface area contributed by atoms with E-state index >= 15 is 0 Å². The summed E-state index contributed by atoms with van der Waals surface area (Å²) in [5, 5.41) is 29.8. The topological polar surface area (TPSA) is 133 Å². The van der Waals surface area contributed by atoms with Crippen LogP contribution in [0.15, 0.2) is 47.0 Å². The number of nitriles is 1. The van der Waals surface area contributed by atoms with Crippen molar-refractivity contribution in [3.05, 3.63) is 53.7 Å². The number of tetrazole rings is 1. The predicted molar refractivity (Wildman–Crippen MR) is 86.3 cm³/mol. The molecule has 9 nitrogen and oxygen atoms in total. The number of carbonyl (C=O) groups is 1. The summed E-state index contributed by atoms with van der Waals surface area (Å²) in [6, 6.07) is 13.9. The number of amides is 1. The summed E-state index contributed by atoms with van der Waals surface area (Å²) in [6.07, 6.45) is 0. The molecule has 2 aromatic carbocycles. The fourth-order valence-corrected chi connectivity index (χ4v) is 2.42. The van der Waals surface area contributed by atoms with Crippen LogP contribution in [0.25, 0.3) is 22.4 Å². The first-order valence-electron chi connectivity index (χ1n) is 7.20. The Bertz CT molecular complexity index is 1110. The summed E-state index contributed by atoms with van der Waals surface area (Å²) in [7, 11) is 0. The smallest absolute Gasteiger partial charge is 0.278 e. The molecule has 0 spiro atoms. The summed E-state index contributed by atoms with van der Waals surface area (Å²) >= 11 is 0. The average Bonchev–Trinajstić information content (AvgIpc) is 3.32. The van der Waals surface area contributed by atoms with Gasteiger partial charge in [-0.2, -0.15) is 5.26 Å². The van der Waals surface area contributed by atoms with Gasteiger partial charge in [-0.15, -0.1) is 5.10 Å². The maximum atomic E-state index is 12.6. The molecule has 9 heteroatoms. The predicted octanol–water partition coefficient (Wildman–Crippen LogP) is 2.13. The number of aromatic amines is 1. The number of nitrogens with one attached hydrogen (secondary N) is 2. The zero-order chi connectivity index (χ0) is 17.2. The molecule has 2 aromatic heterocycles. The number of rotatable bonds is 3. The Labute approximate surface area is 140 Å². The van der Waals surface area contributed by atoms with E-state index in [1.807, 2.05) is 6.07 Å². The van der Waals surface area contributed by atoms with Gasteiger partial charge in [-0.05, 0) is 40.8 Å². The summed E-state index contributed by atoms with van der Waals surface area (Å²) in [6.45, 7) is 0. The van der Waals surface area contributed by atoms with Crippen LogP contribution in [0.5, 0.6) is 0 Å². The molecule has 120 valence electrons. The number of para-hydroxylation sites is 1. The van der Waals surface area contributed by atoms with Crippen LogP contribution in [0.1, 0.15) is 16.1 Å². The molecule has 4 rings (SSSR count). The summed E-state index contributed by atoms with van der Waals surface area (Å²) in [5.74, 6) is -0.110. The molecule has 4 aromatic rings. The molecule has 0 saturated heterocycles. The highest BCUT2D eigenvalue weighted by Crippen LogP contribution is 2.27. The van der Waals surface area contributed by atoms with Crippen LogP contribution in [0, 0.1) is 11.3 Å². The van der Waals surface area contributed by atoms with E-state index < -0.39 is 5.91 Å². The molecule has 0 saturated carbocycles. The largest absolute Gasteiger partial charge is 0.355 e. The van der Waals surface area contributed by atoms with Crippen LogP contribution in [0.3, 0.4) is 0 Å². The van der Waals surface area contributed by atoms with Crippen molar-refractivity contribution < 1.29 is 9.32 Å². The minimum absolute atomic E-state index is 0.168. The lowest BCUT2D eigenvalue weighted by Crippen LogP contribution is -2.13. The first-order valence-corrected chi connectivity index (χ1v) is 7.20. The molecule has 0 unspecified atom stereocenters. The SMILES string of the molecule is N#Cc1ccc(NC(=O)c2noc3ccccc23)c(-c2nnn[nH]2)c1. The van der Waals surface area contributed by atoms with Crippen molar-refractivity contribution in [2.75, 3.05) is 5.32 Å². The highest BCUT2D eigenvalue weighted by Gasteiger charge is 2.18. The first-order chi connectivity index (χ1) is 12.3. The number of H-pyrrole nitrogens is 1. The van der Waals surface area contributed by atoms with Crippen molar-refractivity contribution in [1.29, 1.82) is 5.26 Å². The molecule has 0 aliphatic rings. The van der Waals surface area contributed by atoms with Gasteiger partial charge in [0.2, 0.25) is 0 Å². The number of hydrogen-bond donors (Lipinski definition) is 2. The van der Waals surface area contributed by atoms with Crippen molar-refractivity contribution in [2.45, 2.75) is 0 Å². The molecule has 0 atom stereocenters. The maximum absolute atomic E-state index is 12.6. The van der Waals surface area contributed by atoms with Crippen LogP contribution < -0.4 is 5.32 Å². The van der Waals surface area contributed by atoms with Crippen LogP contribution in [-0.4, -0.2) is 31.7 Å². The summed E-state index contributed by atoms with van der Waals surface area (Å²) < 4.78 is 5.15. The third-order valence-corrected chi connectivity index (χ3v) is 3.59. The molecule has 2 heterocycles. The van der Waals surface area contributed by atoms with Gasteiger partial charge in [0.1, 0.15) is 0 Å². The number of hydrogen-bond acceptors (Lipinski definition) is 7. The molecule has 0 bridgehead atoms. The van der Waals surface area contributed by atoms with E-state index in [1.54, 1.807) is 42.5 Å². The van der Waals surface area contributed by atoms with Gasteiger partial charge in [0, 0.05) is 5.56 Å². The van der Waals surface area contributed by atoms with E-state index in [4.69, 9.17) is 9.78 Å². The molecule has 0 radical (unpaired) electrons. The zero-order valence-electron chi connectivity index (χ0n) is 12.6. The van der Waals surface area contributed by atoms with Crippen molar-refractivity contribution in [3.8, 4) is 17.5 Å². The maximum Gasteiger partial charge on any atom is 0.278 e. The van der Waals surface area contributed by atoms with Gasteiger partial charge in [-0.1, -0.05) is 17.3 Å². The third kappa shape index (κ3) is 2.57. The Morgan fingerprint density at radius 1 is 1.24 bits per heavy atom. The molecular formula is C16H9N7O2. The van der Waals surface area contributed by atoms with E-state index in [0.717, 1.165) is 0 Å². The highest BCUT2D eigenvalue weighted by atomic mass is 16.5. The lowest BCUT2D eigenvalue weighted by molar-refractivity contribution is 0.102. The molecular weight excluding hydrogens is 322 g/mol. The second kappa shape index (κ2) is 5.86. The van der Waals surface area contributed by atoms with Gasteiger partial charge in [0.25, 0.3) is 5.91 Å². The van der Waals surface area contributed by atoms with Crippen LogP contribution in [-0.2, 0) is 0 Å². The zero-order valence-corrected chi connectivity index (χ0v) is 12.6. The van der Waals surface area contributed by atoms with Gasteiger partial charge in [0.15, 0.2) is 17.1 Å². The fourth-order valence-electron chi connectivity index (χ4n) is 2.42. The van der Waals surface area contributed by atoms with Gasteiger partial charge in [0.05, 0.1) is 22.7 Å². The Morgan fingerprint density at radius 3 is 2.92 bits per heavy atom. The normalized spacial score (nSPS) is 10.5. The number of anilines is 1. The van der Waals surface area contributed by atoms with Crippen LogP contribution >= 0.6 is 0 Å². The molecule has 0 fully saturated rings. The molecule has 2 N–H and O–H groups in total. The second-order valence-electron chi connectivity index (χ2n) is 5.10. The van der Waals surface area contributed by atoms with Gasteiger partial charge >= 0.3 is 0 Å². The van der Waals surface area contributed by atoms with Gasteiger partial charge < -0.3 is 9.84 Å². The molecule has 25 heavy (non-hydrogen) atoms. The Morgan fingerprint density at radius 2 is 2.12 bits per heavy atom. The van der Waals surface area contributed by atoms with Crippen LogP contribution in [0.2, 0.25) is 0 Å². The van der Waals surface area contributed by atoms with E-state index in [1.165, 1.54) is 0 Å². The Hall–Kier alpha value is -4.06.